The van der Waals surface area contributed by atoms with E-state index >= 15 is 0 Å². The first-order chi connectivity index (χ1) is 11.7. The third kappa shape index (κ3) is 7.01. The molecule has 2 N–H and O–H groups in total. The number of likely N-dealkylation sites (tertiary alicyclic amines) is 1. The van der Waals surface area contributed by atoms with Gasteiger partial charge in [0.15, 0.2) is 5.96 Å². The summed E-state index contributed by atoms with van der Waals surface area (Å²) < 4.78 is 5.47. The van der Waals surface area contributed by atoms with E-state index in [4.69, 9.17) is 4.74 Å². The number of nitrogens with zero attached hydrogens (tertiary/aromatic N) is 2. The first-order valence-electron chi connectivity index (χ1n) is 8.96. The van der Waals surface area contributed by atoms with Gasteiger partial charge in [-0.15, -0.1) is 24.0 Å². The van der Waals surface area contributed by atoms with Gasteiger partial charge in [-0.2, -0.15) is 0 Å². The molecule has 2 rings (SSSR count). The second-order valence-corrected chi connectivity index (χ2v) is 6.52. The Kier molecular flexibility index (Phi) is 10.2. The zero-order valence-electron chi connectivity index (χ0n) is 16.0. The Morgan fingerprint density at radius 3 is 2.84 bits per heavy atom. The van der Waals surface area contributed by atoms with Gasteiger partial charge in [0.05, 0.1) is 7.11 Å². The molecule has 1 aromatic rings. The minimum absolute atomic E-state index is 0. The molecule has 0 radical (unpaired) electrons. The predicted octanol–water partition coefficient (Wildman–Crippen LogP) is 3.02. The summed E-state index contributed by atoms with van der Waals surface area (Å²) in [4.78, 5) is 6.87. The van der Waals surface area contributed by atoms with Crippen LogP contribution in [0.1, 0.15) is 30.9 Å². The predicted molar refractivity (Wildman–Crippen MR) is 116 cm³/mol. The van der Waals surface area contributed by atoms with Crippen LogP contribution >= 0.6 is 24.0 Å². The standard InChI is InChI=1S/C19H32N4O.HI/c1-5-23-10-6-7-16(14-23)12-21-19(20-3)22-13-17-9-8-15(2)11-18(17)24-4;/h8-9,11,16H,5-7,10,12-14H2,1-4H3,(H2,20,21,22);1H. The number of halogens is 1. The van der Waals surface area contributed by atoms with Crippen LogP contribution < -0.4 is 15.4 Å². The fourth-order valence-electron chi connectivity index (χ4n) is 3.24. The summed E-state index contributed by atoms with van der Waals surface area (Å²) in [6.45, 7) is 9.57. The molecule has 0 amide bonds. The lowest BCUT2D eigenvalue weighted by Gasteiger charge is -2.32. The Bertz CT molecular complexity index is 550. The summed E-state index contributed by atoms with van der Waals surface area (Å²) in [5.74, 6) is 2.47. The largest absolute Gasteiger partial charge is 0.496 e. The highest BCUT2D eigenvalue weighted by atomic mass is 127. The Hall–Kier alpha value is -1.02. The first-order valence-corrected chi connectivity index (χ1v) is 8.96. The van der Waals surface area contributed by atoms with E-state index in [1.165, 1.54) is 31.5 Å². The van der Waals surface area contributed by atoms with Crippen molar-refractivity contribution in [3.8, 4) is 5.75 Å². The quantitative estimate of drug-likeness (QED) is 0.390. The summed E-state index contributed by atoms with van der Waals surface area (Å²) in [5.41, 5.74) is 2.34. The van der Waals surface area contributed by atoms with Crippen LogP contribution in [0.25, 0.3) is 0 Å². The molecule has 1 aromatic carbocycles. The maximum Gasteiger partial charge on any atom is 0.191 e. The zero-order valence-corrected chi connectivity index (χ0v) is 18.3. The molecule has 6 heteroatoms. The number of aliphatic imine (C=N–C) groups is 1. The molecular formula is C19H33IN4O. The molecule has 1 fully saturated rings. The molecule has 0 aliphatic carbocycles. The summed E-state index contributed by atoms with van der Waals surface area (Å²) in [6, 6.07) is 6.28. The SMILES string of the molecule is CCN1CCCC(CNC(=NC)NCc2ccc(C)cc2OC)C1.I. The van der Waals surface area contributed by atoms with Crippen molar-refractivity contribution in [3.05, 3.63) is 29.3 Å². The van der Waals surface area contributed by atoms with Crippen molar-refractivity contribution in [1.82, 2.24) is 15.5 Å². The second-order valence-electron chi connectivity index (χ2n) is 6.52. The highest BCUT2D eigenvalue weighted by molar-refractivity contribution is 14.0. The van der Waals surface area contributed by atoms with Crippen molar-refractivity contribution in [3.63, 3.8) is 0 Å². The Morgan fingerprint density at radius 1 is 1.36 bits per heavy atom. The lowest BCUT2D eigenvalue weighted by Crippen LogP contribution is -2.44. The van der Waals surface area contributed by atoms with Gasteiger partial charge < -0.3 is 20.3 Å². The fraction of sp³-hybridized carbons (Fsp3) is 0.632. The van der Waals surface area contributed by atoms with Crippen LogP contribution in [0, 0.1) is 12.8 Å². The molecule has 1 atom stereocenters. The van der Waals surface area contributed by atoms with Crippen LogP contribution in [0.15, 0.2) is 23.2 Å². The molecule has 5 nitrogen and oxygen atoms in total. The van der Waals surface area contributed by atoms with E-state index in [0.29, 0.717) is 12.5 Å². The lowest BCUT2D eigenvalue weighted by molar-refractivity contribution is 0.183. The number of aryl methyl sites for hydroxylation is 1. The number of benzene rings is 1. The number of methoxy groups -OCH3 is 1. The molecule has 1 saturated heterocycles. The lowest BCUT2D eigenvalue weighted by atomic mass is 9.98. The third-order valence-corrected chi connectivity index (χ3v) is 4.72. The van der Waals surface area contributed by atoms with E-state index in [9.17, 15) is 0 Å². The number of guanidine groups is 1. The van der Waals surface area contributed by atoms with Crippen LogP contribution in [0.4, 0.5) is 0 Å². The van der Waals surface area contributed by atoms with E-state index in [0.717, 1.165) is 30.4 Å². The number of hydrogen-bond donors (Lipinski definition) is 2. The number of ether oxygens (including phenoxy) is 1. The average Bonchev–Trinajstić information content (AvgIpc) is 2.62. The highest BCUT2D eigenvalue weighted by Gasteiger charge is 2.18. The summed E-state index contributed by atoms with van der Waals surface area (Å²) >= 11 is 0. The molecule has 1 unspecified atom stereocenters. The highest BCUT2D eigenvalue weighted by Crippen LogP contribution is 2.19. The van der Waals surface area contributed by atoms with Crippen molar-refractivity contribution in [2.24, 2.45) is 10.9 Å². The van der Waals surface area contributed by atoms with Gasteiger partial charge in [0, 0.05) is 32.2 Å². The average molecular weight is 460 g/mol. The van der Waals surface area contributed by atoms with Gasteiger partial charge in [0.1, 0.15) is 5.75 Å². The van der Waals surface area contributed by atoms with Crippen molar-refractivity contribution < 1.29 is 4.74 Å². The number of piperidine rings is 1. The number of hydrogen-bond acceptors (Lipinski definition) is 3. The van der Waals surface area contributed by atoms with Crippen LogP contribution in [0.2, 0.25) is 0 Å². The van der Waals surface area contributed by atoms with Gasteiger partial charge in [-0.1, -0.05) is 19.1 Å². The topological polar surface area (TPSA) is 48.9 Å². The minimum atomic E-state index is 0. The molecular weight excluding hydrogens is 427 g/mol. The normalized spacial score (nSPS) is 18.4. The van der Waals surface area contributed by atoms with Crippen LogP contribution in [0.5, 0.6) is 5.75 Å². The minimum Gasteiger partial charge on any atom is -0.496 e. The van der Waals surface area contributed by atoms with Crippen molar-refractivity contribution in [2.45, 2.75) is 33.2 Å². The monoisotopic (exact) mass is 460 g/mol. The van der Waals surface area contributed by atoms with Crippen LogP contribution in [-0.2, 0) is 6.54 Å². The van der Waals surface area contributed by atoms with Gasteiger partial charge in [0.25, 0.3) is 0 Å². The molecule has 1 heterocycles. The fourth-order valence-corrected chi connectivity index (χ4v) is 3.24. The molecule has 1 aliphatic heterocycles. The van der Waals surface area contributed by atoms with Gasteiger partial charge in [-0.3, -0.25) is 4.99 Å². The van der Waals surface area contributed by atoms with E-state index in [2.05, 4.69) is 52.6 Å². The number of nitrogens with one attached hydrogen (secondary N) is 2. The van der Waals surface area contributed by atoms with Gasteiger partial charge >= 0.3 is 0 Å². The molecule has 142 valence electrons. The van der Waals surface area contributed by atoms with E-state index in [1.807, 2.05) is 7.05 Å². The molecule has 0 saturated carbocycles. The maximum absolute atomic E-state index is 5.47. The van der Waals surface area contributed by atoms with Gasteiger partial charge in [-0.05, 0) is 50.4 Å². The van der Waals surface area contributed by atoms with Crippen molar-refractivity contribution in [1.29, 1.82) is 0 Å². The Balaban J connectivity index is 0.00000312. The van der Waals surface area contributed by atoms with Gasteiger partial charge in [0.2, 0.25) is 0 Å². The van der Waals surface area contributed by atoms with Crippen molar-refractivity contribution in [2.75, 3.05) is 40.3 Å². The third-order valence-electron chi connectivity index (χ3n) is 4.72. The van der Waals surface area contributed by atoms with Crippen LogP contribution in [-0.4, -0.2) is 51.2 Å². The Morgan fingerprint density at radius 2 is 2.16 bits per heavy atom. The molecule has 0 aromatic heterocycles. The van der Waals surface area contributed by atoms with E-state index in [-0.39, 0.29) is 24.0 Å². The zero-order chi connectivity index (χ0) is 17.4. The second kappa shape index (κ2) is 11.6. The maximum atomic E-state index is 5.47. The van der Waals surface area contributed by atoms with Gasteiger partial charge in [-0.25, -0.2) is 0 Å². The summed E-state index contributed by atoms with van der Waals surface area (Å²) in [6.07, 6.45) is 2.60. The summed E-state index contributed by atoms with van der Waals surface area (Å²) in [7, 11) is 3.54. The first kappa shape index (κ1) is 22.0. The van der Waals surface area contributed by atoms with Crippen LogP contribution in [0.3, 0.4) is 0 Å². The molecule has 0 bridgehead atoms. The molecule has 25 heavy (non-hydrogen) atoms. The molecule has 0 spiro atoms. The van der Waals surface area contributed by atoms with Crippen molar-refractivity contribution >= 4 is 29.9 Å². The summed E-state index contributed by atoms with van der Waals surface area (Å²) in [5, 5.41) is 6.86. The van der Waals surface area contributed by atoms with E-state index in [1.54, 1.807) is 7.11 Å². The smallest absolute Gasteiger partial charge is 0.191 e. The molecule has 1 aliphatic rings. The number of rotatable bonds is 6. The van der Waals surface area contributed by atoms with E-state index < -0.39 is 0 Å². The Labute approximate surface area is 169 Å².